The molecule has 1 atom stereocenters. The van der Waals surface area contributed by atoms with Gasteiger partial charge in [0.2, 0.25) is 11.8 Å². The maximum atomic E-state index is 12.5. The van der Waals surface area contributed by atoms with E-state index in [2.05, 4.69) is 20.5 Å². The van der Waals surface area contributed by atoms with Crippen LogP contribution in [0.15, 0.2) is 45.7 Å². The first kappa shape index (κ1) is 20.8. The Morgan fingerprint density at radius 2 is 2.00 bits per heavy atom. The van der Waals surface area contributed by atoms with Crippen molar-refractivity contribution in [3.05, 3.63) is 57.6 Å². The zero-order valence-corrected chi connectivity index (χ0v) is 18.1. The molecular weight excluding hydrogens is 420 g/mol. The number of thiazole rings is 1. The Bertz CT molecular complexity index is 947. The maximum Gasteiger partial charge on any atom is 0.231 e. The average Bonchev–Trinajstić information content (AvgIpc) is 3.52. The van der Waals surface area contributed by atoms with Gasteiger partial charge in [0.15, 0.2) is 5.13 Å². The molecule has 4 rings (SSSR count). The summed E-state index contributed by atoms with van der Waals surface area (Å²) in [4.78, 5) is 32.3. The van der Waals surface area contributed by atoms with Gasteiger partial charge in [-0.05, 0) is 49.5 Å². The fourth-order valence-corrected chi connectivity index (χ4v) is 4.99. The van der Waals surface area contributed by atoms with Gasteiger partial charge in [-0.25, -0.2) is 4.98 Å². The van der Waals surface area contributed by atoms with Crippen LogP contribution in [0.3, 0.4) is 0 Å². The standard InChI is InChI=1S/C21H24N4O3S2/c26-19(22-13-17(18-6-3-9-28-18)25-7-1-2-8-25)11-15-14-30-21(23-15)24-20(27)12-16-5-4-10-29-16/h3-6,9-10,14,17H,1-2,7-8,11-13H2,(H,22,26)(H,23,24,27). The molecule has 1 saturated heterocycles. The third kappa shape index (κ3) is 5.56. The highest BCUT2D eigenvalue weighted by molar-refractivity contribution is 7.14. The molecular formula is C21H24N4O3S2. The second-order valence-corrected chi connectivity index (χ2v) is 9.09. The van der Waals surface area contributed by atoms with Crippen molar-refractivity contribution < 1.29 is 14.0 Å². The Labute approximate surface area is 183 Å². The Balaban J connectivity index is 1.27. The lowest BCUT2D eigenvalue weighted by Gasteiger charge is -2.25. The van der Waals surface area contributed by atoms with E-state index in [0.717, 1.165) is 23.7 Å². The van der Waals surface area contributed by atoms with Crippen molar-refractivity contribution in [1.29, 1.82) is 0 Å². The summed E-state index contributed by atoms with van der Waals surface area (Å²) >= 11 is 2.88. The van der Waals surface area contributed by atoms with E-state index in [1.165, 1.54) is 24.2 Å². The number of nitrogens with one attached hydrogen (secondary N) is 2. The van der Waals surface area contributed by atoms with Gasteiger partial charge in [-0.2, -0.15) is 0 Å². The third-order valence-electron chi connectivity index (χ3n) is 5.00. The lowest BCUT2D eigenvalue weighted by Crippen LogP contribution is -2.37. The SMILES string of the molecule is O=C(Cc1csc(NC(=O)Cc2cccs2)n1)NCC(c1ccco1)N1CCCC1. The first-order valence-corrected chi connectivity index (χ1v) is 11.7. The lowest BCUT2D eigenvalue weighted by atomic mass is 10.2. The molecule has 0 aromatic carbocycles. The van der Waals surface area contributed by atoms with Crippen LogP contribution < -0.4 is 10.6 Å². The highest BCUT2D eigenvalue weighted by Crippen LogP contribution is 2.25. The molecule has 30 heavy (non-hydrogen) atoms. The number of likely N-dealkylation sites (tertiary alicyclic amines) is 1. The van der Waals surface area contributed by atoms with Crippen molar-refractivity contribution in [3.8, 4) is 0 Å². The number of carbonyl (C=O) groups is 2. The number of hydrogen-bond donors (Lipinski definition) is 2. The number of furan rings is 1. The zero-order valence-electron chi connectivity index (χ0n) is 16.5. The van der Waals surface area contributed by atoms with Gasteiger partial charge in [-0.3, -0.25) is 14.5 Å². The lowest BCUT2D eigenvalue weighted by molar-refractivity contribution is -0.120. The van der Waals surface area contributed by atoms with Crippen molar-refractivity contribution in [3.63, 3.8) is 0 Å². The van der Waals surface area contributed by atoms with Crippen LogP contribution >= 0.6 is 22.7 Å². The summed E-state index contributed by atoms with van der Waals surface area (Å²) < 4.78 is 5.59. The van der Waals surface area contributed by atoms with E-state index in [9.17, 15) is 9.59 Å². The Kier molecular flexibility index (Phi) is 6.93. The first-order chi connectivity index (χ1) is 14.7. The Morgan fingerprint density at radius 3 is 2.73 bits per heavy atom. The molecule has 9 heteroatoms. The number of amides is 2. The smallest absolute Gasteiger partial charge is 0.231 e. The second kappa shape index (κ2) is 10.0. The minimum Gasteiger partial charge on any atom is -0.468 e. The molecule has 3 aromatic heterocycles. The summed E-state index contributed by atoms with van der Waals surface area (Å²) in [6.45, 7) is 2.53. The van der Waals surface area contributed by atoms with Crippen LogP contribution in [0.4, 0.5) is 5.13 Å². The van der Waals surface area contributed by atoms with Crippen LogP contribution in [-0.2, 0) is 22.4 Å². The minimum atomic E-state index is -0.102. The fourth-order valence-electron chi connectivity index (χ4n) is 3.56. The highest BCUT2D eigenvalue weighted by atomic mass is 32.1. The summed E-state index contributed by atoms with van der Waals surface area (Å²) in [5, 5.41) is 10.1. The predicted octanol–water partition coefficient (Wildman–Crippen LogP) is 3.47. The Hall–Kier alpha value is -2.49. The summed E-state index contributed by atoms with van der Waals surface area (Å²) in [6.07, 6.45) is 4.53. The van der Waals surface area contributed by atoms with E-state index in [-0.39, 0.29) is 24.3 Å². The topological polar surface area (TPSA) is 87.5 Å². The molecule has 0 radical (unpaired) electrons. The minimum absolute atomic E-state index is 0.0500. The van der Waals surface area contributed by atoms with Gasteiger partial charge >= 0.3 is 0 Å². The number of nitrogens with zero attached hydrogens (tertiary/aromatic N) is 2. The van der Waals surface area contributed by atoms with Crippen molar-refractivity contribution in [1.82, 2.24) is 15.2 Å². The van der Waals surface area contributed by atoms with E-state index in [0.29, 0.717) is 23.8 Å². The highest BCUT2D eigenvalue weighted by Gasteiger charge is 2.26. The number of rotatable bonds is 9. The molecule has 2 amide bonds. The largest absolute Gasteiger partial charge is 0.468 e. The van der Waals surface area contributed by atoms with Crippen molar-refractivity contribution in [2.24, 2.45) is 0 Å². The number of thiophene rings is 1. The molecule has 1 fully saturated rings. The first-order valence-electron chi connectivity index (χ1n) is 9.98. The van der Waals surface area contributed by atoms with Crippen molar-refractivity contribution in [2.45, 2.75) is 31.7 Å². The molecule has 4 heterocycles. The molecule has 1 unspecified atom stereocenters. The molecule has 0 bridgehead atoms. The zero-order chi connectivity index (χ0) is 20.8. The normalized spacial score (nSPS) is 15.2. The van der Waals surface area contributed by atoms with E-state index in [1.807, 2.05) is 35.0 Å². The molecule has 0 aliphatic carbocycles. The molecule has 0 saturated carbocycles. The van der Waals surface area contributed by atoms with Crippen molar-refractivity contribution >= 4 is 39.6 Å². The van der Waals surface area contributed by atoms with Gasteiger partial charge in [0, 0.05) is 16.8 Å². The van der Waals surface area contributed by atoms with Gasteiger partial charge in [0.1, 0.15) is 5.76 Å². The van der Waals surface area contributed by atoms with E-state index < -0.39 is 0 Å². The molecule has 1 aliphatic heterocycles. The third-order valence-corrected chi connectivity index (χ3v) is 6.68. The quantitative estimate of drug-likeness (QED) is 0.528. The van der Waals surface area contributed by atoms with Crippen LogP contribution in [-0.4, -0.2) is 41.3 Å². The predicted molar refractivity (Wildman–Crippen MR) is 118 cm³/mol. The van der Waals surface area contributed by atoms with E-state index >= 15 is 0 Å². The summed E-state index contributed by atoms with van der Waals surface area (Å²) in [5.41, 5.74) is 0.652. The van der Waals surface area contributed by atoms with Crippen LogP contribution in [0, 0.1) is 0 Å². The van der Waals surface area contributed by atoms with Crippen molar-refractivity contribution in [2.75, 3.05) is 25.0 Å². The van der Waals surface area contributed by atoms with Crippen LogP contribution in [0.5, 0.6) is 0 Å². The maximum absolute atomic E-state index is 12.5. The Morgan fingerprint density at radius 1 is 1.13 bits per heavy atom. The molecule has 158 valence electrons. The fraction of sp³-hybridized carbons (Fsp3) is 0.381. The van der Waals surface area contributed by atoms with Gasteiger partial charge < -0.3 is 15.1 Å². The number of anilines is 1. The summed E-state index contributed by atoms with van der Waals surface area (Å²) in [5.74, 6) is 0.684. The monoisotopic (exact) mass is 444 g/mol. The van der Waals surface area contributed by atoms with Gasteiger partial charge in [-0.15, -0.1) is 22.7 Å². The van der Waals surface area contributed by atoms with Crippen LogP contribution in [0.2, 0.25) is 0 Å². The van der Waals surface area contributed by atoms with E-state index in [1.54, 1.807) is 17.6 Å². The number of hydrogen-bond acceptors (Lipinski definition) is 7. The molecule has 0 spiro atoms. The number of aromatic nitrogens is 1. The number of carbonyl (C=O) groups excluding carboxylic acids is 2. The summed E-state index contributed by atoms with van der Waals surface area (Å²) in [7, 11) is 0. The van der Waals surface area contributed by atoms with Crippen LogP contribution in [0.1, 0.15) is 35.2 Å². The molecule has 3 aromatic rings. The second-order valence-electron chi connectivity index (χ2n) is 7.20. The molecule has 7 nitrogen and oxygen atoms in total. The van der Waals surface area contributed by atoms with E-state index in [4.69, 9.17) is 4.42 Å². The van der Waals surface area contributed by atoms with Gasteiger partial charge in [-0.1, -0.05) is 6.07 Å². The van der Waals surface area contributed by atoms with Gasteiger partial charge in [0.25, 0.3) is 0 Å². The van der Waals surface area contributed by atoms with Crippen LogP contribution in [0.25, 0.3) is 0 Å². The molecule has 2 N–H and O–H groups in total. The average molecular weight is 445 g/mol. The van der Waals surface area contributed by atoms with Gasteiger partial charge in [0.05, 0.1) is 30.8 Å². The molecule has 1 aliphatic rings. The summed E-state index contributed by atoms with van der Waals surface area (Å²) in [6, 6.07) is 7.74.